The third-order valence-corrected chi connectivity index (χ3v) is 8.98. The summed E-state index contributed by atoms with van der Waals surface area (Å²) in [5.41, 5.74) is 1.19. The Kier molecular flexibility index (Phi) is 10.2. The van der Waals surface area contributed by atoms with Gasteiger partial charge in [-0.15, -0.1) is 11.3 Å². The lowest BCUT2D eigenvalue weighted by Crippen LogP contribution is -2.61. The van der Waals surface area contributed by atoms with E-state index >= 15 is 0 Å². The molecule has 1 saturated heterocycles. The van der Waals surface area contributed by atoms with Crippen molar-refractivity contribution in [2.45, 2.75) is 65.1 Å². The van der Waals surface area contributed by atoms with Crippen molar-refractivity contribution in [3.63, 3.8) is 0 Å². The lowest BCUT2D eigenvalue weighted by molar-refractivity contribution is -0.145. The van der Waals surface area contributed by atoms with E-state index in [0.717, 1.165) is 6.07 Å². The van der Waals surface area contributed by atoms with Crippen LogP contribution in [0.15, 0.2) is 39.8 Å². The summed E-state index contributed by atoms with van der Waals surface area (Å²) in [5, 5.41) is 12.7. The van der Waals surface area contributed by atoms with E-state index in [0.29, 0.717) is 47.8 Å². The summed E-state index contributed by atoms with van der Waals surface area (Å²) in [7, 11) is 1.23. The Labute approximate surface area is 260 Å². The summed E-state index contributed by atoms with van der Waals surface area (Å²) >= 11 is 1.37. The molecule has 1 aromatic carbocycles. The molecular formula is C31H39F2N5O5S. The highest BCUT2D eigenvalue weighted by molar-refractivity contribution is 7.11. The molecule has 3 heterocycles. The average molecular weight is 632 g/mol. The minimum atomic E-state index is -1.09. The number of amides is 2. The number of piperazine rings is 1. The number of benzene rings is 1. The molecular weight excluding hydrogens is 592 g/mol. The molecule has 2 atom stereocenters. The van der Waals surface area contributed by atoms with E-state index in [-0.39, 0.29) is 36.8 Å². The van der Waals surface area contributed by atoms with Crippen LogP contribution in [0.1, 0.15) is 62.7 Å². The first-order chi connectivity index (χ1) is 20.8. The monoisotopic (exact) mass is 631 g/mol. The maximum absolute atomic E-state index is 14.8. The molecule has 10 nitrogen and oxygen atoms in total. The number of methoxy groups -OCH3 is 1. The number of carbonyl (C=O) groups is 3. The smallest absolute Gasteiger partial charge is 0.336 e. The summed E-state index contributed by atoms with van der Waals surface area (Å²) in [5.74, 6) is -3.84. The second-order valence-corrected chi connectivity index (χ2v) is 12.8. The SMILES string of the molecule is CCN(C(=O)N1CCN(CC2=C(C(=O)OC)[C@H](c3ccc(F)c(F)c3C)N=C(c3nccs3)CC2)[C@H](C(=O)O)C1)C(C)(C)C. The molecule has 0 aliphatic carbocycles. The fourth-order valence-electron chi connectivity index (χ4n) is 5.86. The summed E-state index contributed by atoms with van der Waals surface area (Å²) in [6.45, 7) is 10.2. The van der Waals surface area contributed by atoms with Crippen molar-refractivity contribution in [2.24, 2.45) is 4.99 Å². The van der Waals surface area contributed by atoms with E-state index < -0.39 is 41.2 Å². The highest BCUT2D eigenvalue weighted by atomic mass is 32.1. The van der Waals surface area contributed by atoms with Crippen molar-refractivity contribution in [1.29, 1.82) is 0 Å². The quantitative estimate of drug-likeness (QED) is 0.435. The van der Waals surface area contributed by atoms with Gasteiger partial charge in [0.15, 0.2) is 11.6 Å². The number of esters is 1. The molecule has 0 unspecified atom stereocenters. The molecule has 1 fully saturated rings. The minimum Gasteiger partial charge on any atom is -0.480 e. The van der Waals surface area contributed by atoms with Crippen LogP contribution in [0, 0.1) is 18.6 Å². The number of nitrogens with zero attached hydrogens (tertiary/aromatic N) is 5. The summed E-state index contributed by atoms with van der Waals surface area (Å²) in [6.07, 6.45) is 2.36. The highest BCUT2D eigenvalue weighted by Crippen LogP contribution is 2.38. The normalized spacial score (nSPS) is 19.8. The summed E-state index contributed by atoms with van der Waals surface area (Å²) < 4.78 is 34.2. The minimum absolute atomic E-state index is 0.00903. The molecule has 4 rings (SSSR count). The zero-order valence-electron chi connectivity index (χ0n) is 25.9. The topological polar surface area (TPSA) is 116 Å². The fourth-order valence-corrected chi connectivity index (χ4v) is 6.52. The maximum atomic E-state index is 14.8. The van der Waals surface area contributed by atoms with Crippen LogP contribution in [0.25, 0.3) is 0 Å². The zero-order valence-corrected chi connectivity index (χ0v) is 26.7. The number of halogens is 2. The molecule has 0 saturated carbocycles. The van der Waals surface area contributed by atoms with Crippen LogP contribution in [-0.2, 0) is 14.3 Å². The number of aromatic nitrogens is 1. The average Bonchev–Trinajstić information content (AvgIpc) is 3.45. The number of thiazole rings is 1. The largest absolute Gasteiger partial charge is 0.480 e. The van der Waals surface area contributed by atoms with Crippen LogP contribution in [0.5, 0.6) is 0 Å². The van der Waals surface area contributed by atoms with Crippen LogP contribution < -0.4 is 0 Å². The van der Waals surface area contributed by atoms with E-state index in [4.69, 9.17) is 9.73 Å². The van der Waals surface area contributed by atoms with Gasteiger partial charge >= 0.3 is 18.0 Å². The lowest BCUT2D eigenvalue weighted by atomic mass is 9.90. The Hall–Kier alpha value is -3.71. The molecule has 2 aliphatic rings. The van der Waals surface area contributed by atoms with Gasteiger partial charge in [0.1, 0.15) is 17.1 Å². The third-order valence-electron chi connectivity index (χ3n) is 8.16. The molecule has 2 aliphatic heterocycles. The van der Waals surface area contributed by atoms with Gasteiger partial charge in [-0.05, 0) is 70.2 Å². The van der Waals surface area contributed by atoms with Crippen molar-refractivity contribution in [3.05, 3.63) is 62.6 Å². The molecule has 0 bridgehead atoms. The van der Waals surface area contributed by atoms with Crippen molar-refractivity contribution in [3.8, 4) is 0 Å². The van der Waals surface area contributed by atoms with Crippen LogP contribution in [0.3, 0.4) is 0 Å². The van der Waals surface area contributed by atoms with Crippen LogP contribution in [-0.4, -0.2) is 99.9 Å². The Morgan fingerprint density at radius 2 is 1.91 bits per heavy atom. The van der Waals surface area contributed by atoms with Crippen molar-refractivity contribution in [2.75, 3.05) is 39.8 Å². The number of carboxylic acid groups (broad SMARTS) is 1. The molecule has 238 valence electrons. The van der Waals surface area contributed by atoms with Crippen molar-refractivity contribution >= 4 is 35.0 Å². The molecule has 1 N–H and O–H groups in total. The van der Waals surface area contributed by atoms with Gasteiger partial charge in [-0.25, -0.2) is 23.4 Å². The summed E-state index contributed by atoms with van der Waals surface area (Å²) in [4.78, 5) is 53.7. The number of urea groups is 1. The van der Waals surface area contributed by atoms with Crippen molar-refractivity contribution in [1.82, 2.24) is 19.7 Å². The standard InChI is InChI=1S/C31H39F2N5O5S/c1-7-38(31(3,4)5)30(42)37-14-13-36(23(17-37)28(39)40)16-19-8-11-22(27-34-12-15-44-27)35-26(24(19)29(41)43-6)20-9-10-21(32)25(33)18(20)2/h9-10,12,15,23,26H,7-8,11,13-14,16-17H2,1-6H3,(H,39,40)/t23-,26-/m0/s1. The molecule has 2 aromatic rings. The van der Waals surface area contributed by atoms with Gasteiger partial charge in [-0.2, -0.15) is 0 Å². The first-order valence-corrected chi connectivity index (χ1v) is 15.4. The van der Waals surface area contributed by atoms with E-state index in [2.05, 4.69) is 4.98 Å². The van der Waals surface area contributed by atoms with Gasteiger partial charge in [-0.1, -0.05) is 6.07 Å². The number of hydrogen-bond donors (Lipinski definition) is 1. The molecule has 0 radical (unpaired) electrons. The Morgan fingerprint density at radius 1 is 1.18 bits per heavy atom. The molecule has 13 heteroatoms. The van der Waals surface area contributed by atoms with Gasteiger partial charge in [0.2, 0.25) is 0 Å². The highest BCUT2D eigenvalue weighted by Gasteiger charge is 2.39. The van der Waals surface area contributed by atoms with E-state index in [1.807, 2.05) is 27.7 Å². The van der Waals surface area contributed by atoms with E-state index in [1.165, 1.54) is 31.4 Å². The van der Waals surface area contributed by atoms with E-state index in [1.54, 1.807) is 26.3 Å². The fraction of sp³-hybridized carbons (Fsp3) is 0.516. The van der Waals surface area contributed by atoms with Crippen LogP contribution in [0.4, 0.5) is 13.6 Å². The Bertz CT molecular complexity index is 1470. The lowest BCUT2D eigenvalue weighted by Gasteiger charge is -2.44. The van der Waals surface area contributed by atoms with E-state index in [9.17, 15) is 28.3 Å². The second kappa shape index (κ2) is 13.5. The molecule has 44 heavy (non-hydrogen) atoms. The van der Waals surface area contributed by atoms with Crippen LogP contribution >= 0.6 is 11.3 Å². The molecule has 1 aromatic heterocycles. The van der Waals surface area contributed by atoms with Crippen LogP contribution in [0.2, 0.25) is 0 Å². The van der Waals surface area contributed by atoms with Gasteiger partial charge in [0, 0.05) is 49.8 Å². The van der Waals surface area contributed by atoms with Gasteiger partial charge in [-0.3, -0.25) is 14.7 Å². The number of rotatable bonds is 7. The third kappa shape index (κ3) is 6.83. The second-order valence-electron chi connectivity index (χ2n) is 11.9. The number of ether oxygens (including phenoxy) is 1. The Morgan fingerprint density at radius 3 is 2.50 bits per heavy atom. The van der Waals surface area contributed by atoms with Crippen molar-refractivity contribution < 1.29 is 33.0 Å². The maximum Gasteiger partial charge on any atom is 0.336 e. The van der Waals surface area contributed by atoms with Gasteiger partial charge in [0.05, 0.1) is 18.4 Å². The first-order valence-electron chi connectivity index (χ1n) is 14.5. The molecule has 2 amide bonds. The predicted octanol–water partition coefficient (Wildman–Crippen LogP) is 4.83. The zero-order chi connectivity index (χ0) is 32.3. The Balaban J connectivity index is 1.75. The number of carboxylic acids is 1. The number of aliphatic carboxylic acids is 1. The number of carbonyl (C=O) groups excluding carboxylic acids is 2. The summed E-state index contributed by atoms with van der Waals surface area (Å²) in [6, 6.07) is 0.106. The number of hydrogen-bond acceptors (Lipinski definition) is 8. The van der Waals surface area contributed by atoms with Gasteiger partial charge < -0.3 is 19.6 Å². The number of aliphatic imine (C=N–C) groups is 1. The first kappa shape index (κ1) is 33.2. The molecule has 0 spiro atoms. The van der Waals surface area contributed by atoms with Gasteiger partial charge in [0.25, 0.3) is 0 Å². The predicted molar refractivity (Wildman–Crippen MR) is 163 cm³/mol.